The van der Waals surface area contributed by atoms with Crippen LogP contribution in [0.15, 0.2) is 59.5 Å². The fourth-order valence-corrected chi connectivity index (χ4v) is 4.42. The molecule has 2 aromatic carbocycles. The summed E-state index contributed by atoms with van der Waals surface area (Å²) in [5.74, 6) is 1.19. The van der Waals surface area contributed by atoms with Crippen LogP contribution in [0.1, 0.15) is 19.3 Å². The number of hydrogen-bond acceptors (Lipinski definition) is 5. The van der Waals surface area contributed by atoms with E-state index in [4.69, 9.17) is 9.47 Å². The normalized spacial score (nSPS) is 17.7. The van der Waals surface area contributed by atoms with Gasteiger partial charge in [-0.25, -0.2) is 8.42 Å². The van der Waals surface area contributed by atoms with Crippen LogP contribution >= 0.6 is 0 Å². The zero-order valence-electron chi connectivity index (χ0n) is 15.8. The Morgan fingerprint density at radius 3 is 2.45 bits per heavy atom. The first-order chi connectivity index (χ1) is 14.0. The predicted molar refractivity (Wildman–Crippen MR) is 110 cm³/mol. The van der Waals surface area contributed by atoms with E-state index in [0.717, 1.165) is 12.8 Å². The van der Waals surface area contributed by atoms with Gasteiger partial charge in [-0.3, -0.25) is 9.52 Å². The van der Waals surface area contributed by atoms with Gasteiger partial charge < -0.3 is 14.8 Å². The van der Waals surface area contributed by atoms with Crippen molar-refractivity contribution >= 4 is 27.3 Å². The third kappa shape index (κ3) is 4.71. The second kappa shape index (κ2) is 8.16. The smallest absolute Gasteiger partial charge is 0.262 e. The van der Waals surface area contributed by atoms with E-state index >= 15 is 0 Å². The van der Waals surface area contributed by atoms with Crippen LogP contribution in [0.5, 0.6) is 11.5 Å². The Morgan fingerprint density at radius 2 is 1.72 bits per heavy atom. The topological polar surface area (TPSA) is 93.7 Å². The number of amides is 1. The highest BCUT2D eigenvalue weighted by Gasteiger charge is 2.20. The van der Waals surface area contributed by atoms with Crippen LogP contribution in [-0.4, -0.2) is 27.5 Å². The summed E-state index contributed by atoms with van der Waals surface area (Å²) < 4.78 is 38.7. The molecule has 1 aliphatic carbocycles. The lowest BCUT2D eigenvalue weighted by molar-refractivity contribution is -0.116. The Labute approximate surface area is 169 Å². The van der Waals surface area contributed by atoms with Crippen LogP contribution in [0.2, 0.25) is 0 Å². The van der Waals surface area contributed by atoms with Gasteiger partial charge in [-0.1, -0.05) is 12.2 Å². The summed E-state index contributed by atoms with van der Waals surface area (Å²) in [5, 5.41) is 2.84. The Bertz CT molecular complexity index is 1030. The molecular weight excluding hydrogens is 392 g/mol. The number of allylic oxidation sites excluding steroid dienone is 2. The monoisotopic (exact) mass is 414 g/mol. The molecule has 152 valence electrons. The van der Waals surface area contributed by atoms with Gasteiger partial charge >= 0.3 is 0 Å². The average Bonchev–Trinajstić information content (AvgIpc) is 3.22. The summed E-state index contributed by atoms with van der Waals surface area (Å²) in [6.07, 6.45) is 6.66. The number of carbonyl (C=O) groups is 1. The summed E-state index contributed by atoms with van der Waals surface area (Å²) in [5.41, 5.74) is 1.02. The predicted octanol–water partition coefficient (Wildman–Crippen LogP) is 3.55. The molecule has 0 aromatic heterocycles. The van der Waals surface area contributed by atoms with E-state index in [1.807, 2.05) is 0 Å². The van der Waals surface area contributed by atoms with Crippen LogP contribution in [0, 0.1) is 5.92 Å². The molecule has 2 aliphatic rings. The van der Waals surface area contributed by atoms with Crippen molar-refractivity contribution in [2.45, 2.75) is 24.2 Å². The third-order valence-corrected chi connectivity index (χ3v) is 6.18. The number of anilines is 2. The third-order valence-electron chi connectivity index (χ3n) is 4.80. The van der Waals surface area contributed by atoms with Crippen molar-refractivity contribution in [1.82, 2.24) is 0 Å². The maximum atomic E-state index is 12.7. The molecule has 0 saturated carbocycles. The standard InChI is InChI=1S/C21H22N2O5S/c24-21(13-15-3-1-2-4-15)22-16-5-7-17(8-6-16)23-29(25,26)18-9-10-19-20(14-18)28-12-11-27-19/h1,3,5-10,14-15,23H,2,4,11-13H2,(H,22,24)/t15-/m0/s1. The van der Waals surface area contributed by atoms with Crippen LogP contribution in [-0.2, 0) is 14.8 Å². The van der Waals surface area contributed by atoms with Gasteiger partial charge in [-0.15, -0.1) is 0 Å². The Hall–Kier alpha value is -3.00. The van der Waals surface area contributed by atoms with Crippen LogP contribution < -0.4 is 19.5 Å². The lowest BCUT2D eigenvalue weighted by Crippen LogP contribution is -2.17. The van der Waals surface area contributed by atoms with Gasteiger partial charge in [-0.05, 0) is 55.2 Å². The number of carbonyl (C=O) groups excluding carboxylic acids is 1. The van der Waals surface area contributed by atoms with E-state index in [2.05, 4.69) is 22.2 Å². The van der Waals surface area contributed by atoms with E-state index < -0.39 is 10.0 Å². The minimum absolute atomic E-state index is 0.0499. The molecular formula is C21H22N2O5S. The van der Waals surface area contributed by atoms with Gasteiger partial charge in [-0.2, -0.15) is 0 Å². The zero-order chi connectivity index (χ0) is 20.3. The molecule has 0 radical (unpaired) electrons. The van der Waals surface area contributed by atoms with E-state index in [1.165, 1.54) is 12.1 Å². The maximum absolute atomic E-state index is 12.7. The molecule has 0 bridgehead atoms. The lowest BCUT2D eigenvalue weighted by Gasteiger charge is -2.19. The summed E-state index contributed by atoms with van der Waals surface area (Å²) in [4.78, 5) is 12.2. The number of benzene rings is 2. The maximum Gasteiger partial charge on any atom is 0.262 e. The molecule has 2 aromatic rings. The van der Waals surface area contributed by atoms with Gasteiger partial charge in [0.2, 0.25) is 5.91 Å². The Morgan fingerprint density at radius 1 is 1.00 bits per heavy atom. The first-order valence-electron chi connectivity index (χ1n) is 9.49. The molecule has 1 heterocycles. The molecule has 7 nitrogen and oxygen atoms in total. The summed E-state index contributed by atoms with van der Waals surface area (Å²) in [6, 6.07) is 11.1. The van der Waals surface area contributed by atoms with Crippen molar-refractivity contribution in [2.75, 3.05) is 23.3 Å². The van der Waals surface area contributed by atoms with E-state index in [0.29, 0.717) is 48.4 Å². The van der Waals surface area contributed by atoms with Crippen molar-refractivity contribution < 1.29 is 22.7 Å². The molecule has 1 aliphatic heterocycles. The highest BCUT2D eigenvalue weighted by Crippen LogP contribution is 2.32. The fraction of sp³-hybridized carbons (Fsp3) is 0.286. The van der Waals surface area contributed by atoms with Gasteiger partial charge in [0.05, 0.1) is 4.90 Å². The van der Waals surface area contributed by atoms with Crippen molar-refractivity contribution in [1.29, 1.82) is 0 Å². The van der Waals surface area contributed by atoms with Gasteiger partial charge in [0, 0.05) is 23.9 Å². The van der Waals surface area contributed by atoms with Crippen molar-refractivity contribution in [3.63, 3.8) is 0 Å². The molecule has 0 fully saturated rings. The van der Waals surface area contributed by atoms with E-state index in [-0.39, 0.29) is 10.8 Å². The zero-order valence-corrected chi connectivity index (χ0v) is 16.6. The van der Waals surface area contributed by atoms with Gasteiger partial charge in [0.1, 0.15) is 13.2 Å². The quantitative estimate of drug-likeness (QED) is 0.705. The summed E-state index contributed by atoms with van der Waals surface area (Å²) in [7, 11) is -3.78. The number of fused-ring (bicyclic) bond motifs is 1. The number of hydrogen-bond donors (Lipinski definition) is 2. The number of rotatable bonds is 6. The van der Waals surface area contributed by atoms with E-state index in [1.54, 1.807) is 30.3 Å². The van der Waals surface area contributed by atoms with Gasteiger partial charge in [0.15, 0.2) is 11.5 Å². The first-order valence-corrected chi connectivity index (χ1v) is 11.0. The average molecular weight is 414 g/mol. The van der Waals surface area contributed by atoms with Crippen molar-refractivity contribution in [3.8, 4) is 11.5 Å². The van der Waals surface area contributed by atoms with Crippen LogP contribution in [0.4, 0.5) is 11.4 Å². The molecule has 1 atom stereocenters. The van der Waals surface area contributed by atoms with Crippen LogP contribution in [0.3, 0.4) is 0 Å². The molecule has 2 N–H and O–H groups in total. The largest absolute Gasteiger partial charge is 0.486 e. The van der Waals surface area contributed by atoms with Crippen LogP contribution in [0.25, 0.3) is 0 Å². The van der Waals surface area contributed by atoms with Gasteiger partial charge in [0.25, 0.3) is 10.0 Å². The minimum Gasteiger partial charge on any atom is -0.486 e. The molecule has 1 amide bonds. The Kier molecular flexibility index (Phi) is 5.44. The lowest BCUT2D eigenvalue weighted by atomic mass is 10.1. The first kappa shape index (κ1) is 19.3. The number of sulfonamides is 1. The fourth-order valence-electron chi connectivity index (χ4n) is 3.34. The minimum atomic E-state index is -3.78. The molecule has 0 saturated heterocycles. The summed E-state index contributed by atoms with van der Waals surface area (Å²) in [6.45, 7) is 0.825. The number of ether oxygens (including phenoxy) is 2. The Balaban J connectivity index is 1.40. The summed E-state index contributed by atoms with van der Waals surface area (Å²) >= 11 is 0. The molecule has 0 spiro atoms. The second-order valence-electron chi connectivity index (χ2n) is 7.01. The SMILES string of the molecule is O=C(C[C@H]1C=CCC1)Nc1ccc(NS(=O)(=O)c2ccc3c(c2)OCCO3)cc1. The number of nitrogens with one attached hydrogen (secondary N) is 2. The second-order valence-corrected chi connectivity index (χ2v) is 8.69. The highest BCUT2D eigenvalue weighted by molar-refractivity contribution is 7.92. The molecule has 8 heteroatoms. The highest BCUT2D eigenvalue weighted by atomic mass is 32.2. The molecule has 4 rings (SSSR count). The molecule has 29 heavy (non-hydrogen) atoms. The van der Waals surface area contributed by atoms with Crippen molar-refractivity contribution in [2.24, 2.45) is 5.92 Å². The molecule has 0 unspecified atom stereocenters. The van der Waals surface area contributed by atoms with E-state index in [9.17, 15) is 13.2 Å². The van der Waals surface area contributed by atoms with Crippen molar-refractivity contribution in [3.05, 3.63) is 54.6 Å².